The summed E-state index contributed by atoms with van der Waals surface area (Å²) in [6.07, 6.45) is 1.89. The van der Waals surface area contributed by atoms with Crippen LogP contribution in [0.2, 0.25) is 0 Å². The minimum Gasteiger partial charge on any atom is -0.327 e. The molecule has 2 rings (SSSR count). The van der Waals surface area contributed by atoms with Gasteiger partial charge in [0.15, 0.2) is 5.16 Å². The summed E-state index contributed by atoms with van der Waals surface area (Å²) in [6, 6.07) is 8.58. The number of hydrogen-bond acceptors (Lipinski definition) is 4. The SMILES string of the molecule is CCC(N)Cc1ccccc1Sc1nnc(C)n1C. The first-order valence-corrected chi connectivity index (χ1v) is 7.30. The molecule has 0 aliphatic rings. The number of hydrogen-bond donors (Lipinski definition) is 1. The van der Waals surface area contributed by atoms with Crippen LogP contribution in [0.3, 0.4) is 0 Å². The molecule has 0 spiro atoms. The van der Waals surface area contributed by atoms with E-state index in [1.54, 1.807) is 11.8 Å². The van der Waals surface area contributed by atoms with Crippen LogP contribution < -0.4 is 5.73 Å². The Balaban J connectivity index is 2.22. The van der Waals surface area contributed by atoms with Gasteiger partial charge in [-0.15, -0.1) is 10.2 Å². The predicted molar refractivity (Wildman–Crippen MR) is 78.3 cm³/mol. The van der Waals surface area contributed by atoms with Crippen molar-refractivity contribution in [1.82, 2.24) is 14.8 Å². The first kappa shape index (κ1) is 14.1. The number of benzene rings is 1. The molecule has 0 aliphatic heterocycles. The highest BCUT2D eigenvalue weighted by Crippen LogP contribution is 2.29. The highest BCUT2D eigenvalue weighted by molar-refractivity contribution is 7.99. The lowest BCUT2D eigenvalue weighted by Crippen LogP contribution is -2.21. The van der Waals surface area contributed by atoms with Gasteiger partial charge >= 0.3 is 0 Å². The fourth-order valence-corrected chi connectivity index (χ4v) is 2.75. The van der Waals surface area contributed by atoms with Gasteiger partial charge in [-0.25, -0.2) is 0 Å². The maximum absolute atomic E-state index is 6.06. The molecule has 5 heteroatoms. The third-order valence-electron chi connectivity index (χ3n) is 3.23. The molecule has 2 N–H and O–H groups in total. The highest BCUT2D eigenvalue weighted by Gasteiger charge is 2.11. The van der Waals surface area contributed by atoms with E-state index in [9.17, 15) is 0 Å². The number of aromatic nitrogens is 3. The molecule has 102 valence electrons. The average molecular weight is 276 g/mol. The van der Waals surface area contributed by atoms with Crippen molar-refractivity contribution in [3.63, 3.8) is 0 Å². The van der Waals surface area contributed by atoms with Gasteiger partial charge in [-0.3, -0.25) is 0 Å². The molecule has 1 unspecified atom stereocenters. The largest absolute Gasteiger partial charge is 0.327 e. The molecule has 0 saturated heterocycles. The van der Waals surface area contributed by atoms with Crippen LogP contribution in [0, 0.1) is 6.92 Å². The van der Waals surface area contributed by atoms with Gasteiger partial charge in [0.25, 0.3) is 0 Å². The summed E-state index contributed by atoms with van der Waals surface area (Å²) in [6.45, 7) is 4.07. The molecule has 0 amide bonds. The second-order valence-electron chi connectivity index (χ2n) is 4.67. The topological polar surface area (TPSA) is 56.7 Å². The van der Waals surface area contributed by atoms with E-state index in [2.05, 4.69) is 35.3 Å². The van der Waals surface area contributed by atoms with E-state index in [-0.39, 0.29) is 6.04 Å². The summed E-state index contributed by atoms with van der Waals surface area (Å²) < 4.78 is 2.00. The Kier molecular flexibility index (Phi) is 4.61. The number of aryl methyl sites for hydroxylation is 1. The van der Waals surface area contributed by atoms with E-state index in [4.69, 9.17) is 5.73 Å². The Morgan fingerprint density at radius 1 is 1.32 bits per heavy atom. The third kappa shape index (κ3) is 3.36. The number of nitrogens with zero attached hydrogens (tertiary/aromatic N) is 3. The van der Waals surface area contributed by atoms with Gasteiger partial charge in [0.1, 0.15) is 5.82 Å². The van der Waals surface area contributed by atoms with Gasteiger partial charge in [-0.2, -0.15) is 0 Å². The van der Waals surface area contributed by atoms with Crippen molar-refractivity contribution < 1.29 is 0 Å². The van der Waals surface area contributed by atoms with Crippen LogP contribution in [0.5, 0.6) is 0 Å². The summed E-state index contributed by atoms with van der Waals surface area (Å²) in [7, 11) is 1.98. The van der Waals surface area contributed by atoms with Crippen LogP contribution >= 0.6 is 11.8 Å². The molecular formula is C14H20N4S. The minimum atomic E-state index is 0.211. The van der Waals surface area contributed by atoms with Crippen LogP contribution in [-0.4, -0.2) is 20.8 Å². The van der Waals surface area contributed by atoms with Crippen molar-refractivity contribution in [3.05, 3.63) is 35.7 Å². The molecule has 1 aromatic heterocycles. The maximum Gasteiger partial charge on any atom is 0.195 e. The van der Waals surface area contributed by atoms with E-state index in [1.807, 2.05) is 24.6 Å². The van der Waals surface area contributed by atoms with Crippen LogP contribution in [0.1, 0.15) is 24.7 Å². The molecule has 1 heterocycles. The molecular weight excluding hydrogens is 256 g/mol. The Morgan fingerprint density at radius 2 is 2.05 bits per heavy atom. The van der Waals surface area contributed by atoms with Crippen molar-refractivity contribution in [2.45, 2.75) is 42.8 Å². The maximum atomic E-state index is 6.06. The molecule has 0 saturated carbocycles. The number of nitrogens with two attached hydrogens (primary N) is 1. The Labute approximate surface area is 118 Å². The highest BCUT2D eigenvalue weighted by atomic mass is 32.2. The molecule has 2 aromatic rings. The quantitative estimate of drug-likeness (QED) is 0.912. The summed E-state index contributed by atoms with van der Waals surface area (Å²) in [5, 5.41) is 9.19. The van der Waals surface area contributed by atoms with Crippen molar-refractivity contribution in [1.29, 1.82) is 0 Å². The van der Waals surface area contributed by atoms with Crippen molar-refractivity contribution in [2.24, 2.45) is 12.8 Å². The zero-order chi connectivity index (χ0) is 13.8. The summed E-state index contributed by atoms with van der Waals surface area (Å²) in [4.78, 5) is 1.21. The van der Waals surface area contributed by atoms with Gasteiger partial charge in [0.05, 0.1) is 0 Å². The fourth-order valence-electron chi connectivity index (χ4n) is 1.77. The van der Waals surface area contributed by atoms with Gasteiger partial charge in [0, 0.05) is 18.0 Å². The van der Waals surface area contributed by atoms with Gasteiger partial charge in [-0.1, -0.05) is 25.1 Å². The van der Waals surface area contributed by atoms with Crippen LogP contribution in [0.25, 0.3) is 0 Å². The van der Waals surface area contributed by atoms with E-state index >= 15 is 0 Å². The Morgan fingerprint density at radius 3 is 2.68 bits per heavy atom. The van der Waals surface area contributed by atoms with Gasteiger partial charge < -0.3 is 10.3 Å². The second kappa shape index (κ2) is 6.21. The van der Waals surface area contributed by atoms with E-state index < -0.39 is 0 Å². The normalized spacial score (nSPS) is 12.6. The van der Waals surface area contributed by atoms with E-state index in [0.717, 1.165) is 23.8 Å². The Hall–Kier alpha value is -1.33. The lowest BCUT2D eigenvalue weighted by molar-refractivity contribution is 0.641. The molecule has 4 nitrogen and oxygen atoms in total. The first-order valence-electron chi connectivity index (χ1n) is 6.49. The fraction of sp³-hybridized carbons (Fsp3) is 0.429. The molecule has 19 heavy (non-hydrogen) atoms. The van der Waals surface area contributed by atoms with Gasteiger partial charge in [-0.05, 0) is 43.2 Å². The molecule has 0 fully saturated rings. The Bertz CT molecular complexity index is 550. The van der Waals surface area contributed by atoms with Crippen LogP contribution in [-0.2, 0) is 13.5 Å². The second-order valence-corrected chi connectivity index (χ2v) is 5.68. The zero-order valence-electron chi connectivity index (χ0n) is 11.6. The monoisotopic (exact) mass is 276 g/mol. The van der Waals surface area contributed by atoms with E-state index in [0.29, 0.717) is 0 Å². The smallest absolute Gasteiger partial charge is 0.195 e. The molecule has 0 bridgehead atoms. The van der Waals surface area contributed by atoms with Crippen LogP contribution in [0.4, 0.5) is 0 Å². The molecule has 1 atom stereocenters. The lowest BCUT2D eigenvalue weighted by atomic mass is 10.1. The van der Waals surface area contributed by atoms with E-state index in [1.165, 1.54) is 10.5 Å². The molecule has 1 aromatic carbocycles. The minimum absolute atomic E-state index is 0.211. The third-order valence-corrected chi connectivity index (χ3v) is 4.39. The lowest BCUT2D eigenvalue weighted by Gasteiger charge is -2.12. The molecule has 0 radical (unpaired) electrons. The number of rotatable bonds is 5. The molecule has 0 aliphatic carbocycles. The van der Waals surface area contributed by atoms with Crippen LogP contribution in [0.15, 0.2) is 34.3 Å². The van der Waals surface area contributed by atoms with Crippen molar-refractivity contribution in [2.75, 3.05) is 0 Å². The summed E-state index contributed by atoms with van der Waals surface area (Å²) in [5.74, 6) is 0.922. The standard InChI is InChI=1S/C14H20N4S/c1-4-12(15)9-11-7-5-6-8-13(11)19-14-17-16-10(2)18(14)3/h5-8,12H,4,9,15H2,1-3H3. The average Bonchev–Trinajstić information content (AvgIpc) is 2.73. The zero-order valence-corrected chi connectivity index (χ0v) is 12.4. The van der Waals surface area contributed by atoms with Crippen molar-refractivity contribution in [3.8, 4) is 0 Å². The summed E-state index contributed by atoms with van der Waals surface area (Å²) in [5.41, 5.74) is 7.34. The first-order chi connectivity index (χ1) is 9.11. The summed E-state index contributed by atoms with van der Waals surface area (Å²) >= 11 is 1.65. The predicted octanol–water partition coefficient (Wildman–Crippen LogP) is 2.55. The van der Waals surface area contributed by atoms with Gasteiger partial charge in [0.2, 0.25) is 0 Å². The van der Waals surface area contributed by atoms with Crippen molar-refractivity contribution >= 4 is 11.8 Å².